The predicted molar refractivity (Wildman–Crippen MR) is 154 cm³/mol. The molecule has 2 unspecified atom stereocenters. The van der Waals surface area contributed by atoms with E-state index >= 15 is 0 Å². The van der Waals surface area contributed by atoms with Crippen LogP contribution in [0, 0.1) is 0 Å². The molecule has 0 bridgehead atoms. The van der Waals surface area contributed by atoms with Crippen LogP contribution in [0.15, 0.2) is 42.6 Å². The normalized spacial score (nSPS) is 16.8. The summed E-state index contributed by atoms with van der Waals surface area (Å²) in [6, 6.07) is 10.5. The van der Waals surface area contributed by atoms with Gasteiger partial charge in [-0.2, -0.15) is 0 Å². The van der Waals surface area contributed by atoms with Crippen LogP contribution in [0.5, 0.6) is 0 Å². The number of amides is 2. The van der Waals surface area contributed by atoms with Crippen LogP contribution in [0.2, 0.25) is 5.02 Å². The second-order valence-electron chi connectivity index (χ2n) is 10.1. The average Bonchev–Trinajstić information content (AvgIpc) is 3.30. The van der Waals surface area contributed by atoms with Crippen LogP contribution >= 0.6 is 11.6 Å². The molecule has 2 aliphatic heterocycles. The quantitative estimate of drug-likeness (QED) is 0.349. The third-order valence-electron chi connectivity index (χ3n) is 7.29. The number of aromatic nitrogens is 3. The molecule has 0 saturated carbocycles. The van der Waals surface area contributed by atoms with Gasteiger partial charge < -0.3 is 25.6 Å². The van der Waals surface area contributed by atoms with Gasteiger partial charge in [-0.05, 0) is 57.4 Å². The van der Waals surface area contributed by atoms with Crippen LogP contribution in [-0.2, 0) is 16.1 Å². The number of nitrogens with zero attached hydrogens (tertiary/aromatic N) is 4. The topological polar surface area (TPSA) is 121 Å². The first-order chi connectivity index (χ1) is 19.3. The monoisotopic (exact) mass is 563 g/mol. The Bertz CT molecular complexity index is 1400. The van der Waals surface area contributed by atoms with Crippen LogP contribution in [0.25, 0.3) is 11.3 Å². The Kier molecular flexibility index (Phi) is 8.46. The van der Waals surface area contributed by atoms with Crippen molar-refractivity contribution in [3.63, 3.8) is 0 Å². The summed E-state index contributed by atoms with van der Waals surface area (Å²) >= 11 is 6.48. The van der Waals surface area contributed by atoms with Gasteiger partial charge in [0.25, 0.3) is 5.91 Å². The van der Waals surface area contributed by atoms with E-state index in [1.165, 1.54) is 0 Å². The Balaban J connectivity index is 1.28. The molecule has 2 atom stereocenters. The lowest BCUT2D eigenvalue weighted by atomic mass is 10.0. The van der Waals surface area contributed by atoms with Crippen molar-refractivity contribution in [2.24, 2.45) is 0 Å². The Morgan fingerprint density at radius 3 is 2.75 bits per heavy atom. The van der Waals surface area contributed by atoms with Gasteiger partial charge in [-0.3, -0.25) is 9.59 Å². The van der Waals surface area contributed by atoms with Gasteiger partial charge in [0, 0.05) is 43.5 Å². The number of anilines is 2. The molecule has 3 aromatic rings. The highest BCUT2D eigenvalue weighted by Gasteiger charge is 2.35. The lowest BCUT2D eigenvalue weighted by Crippen LogP contribution is -2.46. The van der Waals surface area contributed by atoms with E-state index in [0.29, 0.717) is 47.6 Å². The van der Waals surface area contributed by atoms with E-state index in [1.807, 2.05) is 44.2 Å². The molecule has 2 aliphatic rings. The van der Waals surface area contributed by atoms with Crippen molar-refractivity contribution in [1.82, 2.24) is 25.2 Å². The van der Waals surface area contributed by atoms with Crippen LogP contribution < -0.4 is 16.0 Å². The summed E-state index contributed by atoms with van der Waals surface area (Å²) in [5, 5.41) is 9.94. The van der Waals surface area contributed by atoms with Crippen LogP contribution in [-0.4, -0.2) is 63.5 Å². The third kappa shape index (κ3) is 6.03. The molecular formula is C29H34ClN7O3. The van der Waals surface area contributed by atoms with Crippen molar-refractivity contribution in [3.8, 4) is 11.3 Å². The molecular weight excluding hydrogens is 530 g/mol. The molecule has 0 aliphatic carbocycles. The van der Waals surface area contributed by atoms with Crippen molar-refractivity contribution in [1.29, 1.82) is 0 Å². The van der Waals surface area contributed by atoms with Crippen molar-refractivity contribution >= 4 is 35.2 Å². The number of nitrogens with one attached hydrogen (secondary N) is 3. The standard InChI is InChI=1S/C29H34ClN7O3/c1-4-31-25-7-5-6-24(35-25)17(2)33-27(38)18(3)37-16-20-9-8-19(14-22(20)28(37)39)26-23(30)15-32-29(36-26)34-21-10-12-40-13-11-21/h5-9,14-15,17-18,21H,4,10-13,16H2,1-3H3,(H,31,35)(H,33,38)(H,32,34,36). The molecule has 11 heteroatoms. The van der Waals surface area contributed by atoms with Gasteiger partial charge in [0.2, 0.25) is 11.9 Å². The zero-order valence-corrected chi connectivity index (χ0v) is 23.7. The minimum atomic E-state index is -0.666. The van der Waals surface area contributed by atoms with Gasteiger partial charge in [-0.1, -0.05) is 29.8 Å². The first kappa shape index (κ1) is 27.8. The highest BCUT2D eigenvalue weighted by Crippen LogP contribution is 2.32. The maximum Gasteiger partial charge on any atom is 0.255 e. The average molecular weight is 564 g/mol. The predicted octanol–water partition coefficient (Wildman–Crippen LogP) is 4.44. The minimum absolute atomic E-state index is 0.204. The van der Waals surface area contributed by atoms with Gasteiger partial charge in [0.1, 0.15) is 11.9 Å². The number of pyridine rings is 1. The number of benzene rings is 1. The first-order valence-corrected chi connectivity index (χ1v) is 14.0. The van der Waals surface area contributed by atoms with E-state index in [9.17, 15) is 9.59 Å². The summed E-state index contributed by atoms with van der Waals surface area (Å²) in [5.41, 5.74) is 3.40. The van der Waals surface area contributed by atoms with E-state index < -0.39 is 6.04 Å². The van der Waals surface area contributed by atoms with E-state index in [2.05, 4.69) is 30.9 Å². The third-order valence-corrected chi connectivity index (χ3v) is 7.57. The second-order valence-corrected chi connectivity index (χ2v) is 10.5. The molecule has 3 N–H and O–H groups in total. The van der Waals surface area contributed by atoms with Gasteiger partial charge in [-0.25, -0.2) is 15.0 Å². The summed E-state index contributed by atoms with van der Waals surface area (Å²) < 4.78 is 5.43. The smallest absolute Gasteiger partial charge is 0.255 e. The van der Waals surface area contributed by atoms with Crippen molar-refractivity contribution < 1.29 is 14.3 Å². The fraction of sp³-hybridized carbons (Fsp3) is 0.414. The Morgan fingerprint density at radius 2 is 1.98 bits per heavy atom. The Morgan fingerprint density at radius 1 is 1.18 bits per heavy atom. The molecule has 1 aromatic carbocycles. The maximum absolute atomic E-state index is 13.4. The van der Waals surface area contributed by atoms with E-state index in [4.69, 9.17) is 16.3 Å². The zero-order valence-electron chi connectivity index (χ0n) is 22.9. The largest absolute Gasteiger partial charge is 0.381 e. The zero-order chi connectivity index (χ0) is 28.2. The summed E-state index contributed by atoms with van der Waals surface area (Å²) in [5.74, 6) is 0.799. The summed E-state index contributed by atoms with van der Waals surface area (Å²) in [6.07, 6.45) is 3.34. The maximum atomic E-state index is 13.4. The summed E-state index contributed by atoms with van der Waals surface area (Å²) in [4.78, 5) is 41.7. The van der Waals surface area contributed by atoms with Crippen LogP contribution in [0.3, 0.4) is 0 Å². The molecule has 5 rings (SSSR count). The summed E-state index contributed by atoms with van der Waals surface area (Å²) in [6.45, 7) is 8.14. The number of rotatable bonds is 9. The molecule has 1 saturated heterocycles. The van der Waals surface area contributed by atoms with Crippen molar-refractivity contribution in [3.05, 3.63) is 64.4 Å². The number of hydrogen-bond acceptors (Lipinski definition) is 8. The van der Waals surface area contributed by atoms with Crippen molar-refractivity contribution in [2.75, 3.05) is 30.4 Å². The molecule has 2 amide bonds. The minimum Gasteiger partial charge on any atom is -0.381 e. The molecule has 40 heavy (non-hydrogen) atoms. The lowest BCUT2D eigenvalue weighted by molar-refractivity contribution is -0.125. The fourth-order valence-corrected chi connectivity index (χ4v) is 5.17. The Hall–Kier alpha value is -3.76. The molecule has 10 nitrogen and oxygen atoms in total. The van der Waals surface area contributed by atoms with E-state index in [-0.39, 0.29) is 23.9 Å². The fourth-order valence-electron chi connectivity index (χ4n) is 4.97. The number of ether oxygens (including phenoxy) is 1. The number of carbonyl (C=O) groups excluding carboxylic acids is 2. The van der Waals surface area contributed by atoms with Gasteiger partial charge in [-0.15, -0.1) is 0 Å². The second kappa shape index (κ2) is 12.2. The molecule has 0 radical (unpaired) electrons. The number of hydrogen-bond donors (Lipinski definition) is 3. The molecule has 1 fully saturated rings. The lowest BCUT2D eigenvalue weighted by Gasteiger charge is -2.25. The van der Waals surface area contributed by atoms with Gasteiger partial charge >= 0.3 is 0 Å². The molecule has 2 aromatic heterocycles. The first-order valence-electron chi connectivity index (χ1n) is 13.7. The van der Waals surface area contributed by atoms with Gasteiger partial charge in [0.05, 0.1) is 28.6 Å². The van der Waals surface area contributed by atoms with Crippen LogP contribution in [0.1, 0.15) is 61.3 Å². The highest BCUT2D eigenvalue weighted by molar-refractivity contribution is 6.33. The van der Waals surface area contributed by atoms with Gasteiger partial charge in [0.15, 0.2) is 0 Å². The molecule has 4 heterocycles. The SMILES string of the molecule is CCNc1cccc(C(C)NC(=O)C(C)N2Cc3ccc(-c4nc(NC5CCOCC5)ncc4Cl)cc3C2=O)n1. The van der Waals surface area contributed by atoms with E-state index in [0.717, 1.165) is 36.5 Å². The number of carbonyl (C=O) groups is 2. The van der Waals surface area contributed by atoms with Crippen molar-refractivity contribution in [2.45, 2.75) is 58.3 Å². The van der Waals surface area contributed by atoms with E-state index in [1.54, 1.807) is 24.1 Å². The van der Waals surface area contributed by atoms with Crippen LogP contribution in [0.4, 0.5) is 11.8 Å². The Labute approximate surface area is 238 Å². The molecule has 0 spiro atoms. The highest BCUT2D eigenvalue weighted by atomic mass is 35.5. The number of halogens is 1. The number of fused-ring (bicyclic) bond motifs is 1. The summed E-state index contributed by atoms with van der Waals surface area (Å²) in [7, 11) is 0. The molecule has 210 valence electrons.